The van der Waals surface area contributed by atoms with Crippen LogP contribution in [0.2, 0.25) is 0 Å². The molecule has 2 aliphatic heterocycles. The molecule has 142 valence electrons. The Morgan fingerprint density at radius 3 is 2.86 bits per heavy atom. The van der Waals surface area contributed by atoms with Gasteiger partial charge in [0.1, 0.15) is 6.07 Å². The van der Waals surface area contributed by atoms with Gasteiger partial charge in [-0.05, 0) is 44.7 Å². The van der Waals surface area contributed by atoms with Gasteiger partial charge in [-0.3, -0.25) is 0 Å². The lowest BCUT2D eigenvalue weighted by atomic mass is 9.91. The molecule has 0 saturated heterocycles. The van der Waals surface area contributed by atoms with Gasteiger partial charge < -0.3 is 4.90 Å². The molecule has 0 amide bonds. The Bertz CT molecular complexity index is 1110. The number of fused-ring (bicyclic) bond motifs is 2. The zero-order valence-corrected chi connectivity index (χ0v) is 17.6. The molecule has 0 fully saturated rings. The molecular formula is C23H24N4S. The second kappa shape index (κ2) is 7.03. The highest BCUT2D eigenvalue weighted by Gasteiger charge is 2.34. The van der Waals surface area contributed by atoms with Crippen LogP contribution in [-0.4, -0.2) is 21.8 Å². The lowest BCUT2D eigenvalue weighted by molar-refractivity contribution is 0.382. The number of hydrogen-bond acceptors (Lipinski definition) is 5. The highest BCUT2D eigenvalue weighted by Crippen LogP contribution is 2.40. The summed E-state index contributed by atoms with van der Waals surface area (Å²) in [5, 5.41) is 10.8. The van der Waals surface area contributed by atoms with Gasteiger partial charge in [-0.2, -0.15) is 5.26 Å². The summed E-state index contributed by atoms with van der Waals surface area (Å²) in [6.07, 6.45) is 3.87. The van der Waals surface area contributed by atoms with Crippen LogP contribution in [-0.2, 0) is 0 Å². The minimum absolute atomic E-state index is 0.257. The van der Waals surface area contributed by atoms with Crippen LogP contribution >= 0.6 is 11.3 Å². The molecule has 1 atom stereocenters. The van der Waals surface area contributed by atoms with E-state index in [0.717, 1.165) is 51.7 Å². The number of hydrogen-bond donors (Lipinski definition) is 0. The molecule has 28 heavy (non-hydrogen) atoms. The minimum Gasteiger partial charge on any atom is -0.323 e. The highest BCUT2D eigenvalue weighted by molar-refractivity contribution is 7.18. The van der Waals surface area contributed by atoms with Gasteiger partial charge in [-0.1, -0.05) is 32.6 Å². The van der Waals surface area contributed by atoms with Gasteiger partial charge in [-0.15, -0.1) is 11.3 Å². The molecule has 1 aromatic heterocycles. The maximum atomic E-state index is 9.72. The molecular weight excluding hydrogens is 364 g/mol. The van der Waals surface area contributed by atoms with Crippen LogP contribution in [0.5, 0.6) is 0 Å². The van der Waals surface area contributed by atoms with E-state index in [1.165, 1.54) is 4.70 Å². The quantitative estimate of drug-likeness (QED) is 0.650. The van der Waals surface area contributed by atoms with E-state index in [1.54, 1.807) is 11.3 Å². The van der Waals surface area contributed by atoms with E-state index in [-0.39, 0.29) is 12.0 Å². The van der Waals surface area contributed by atoms with Gasteiger partial charge in [0.05, 0.1) is 26.5 Å². The largest absolute Gasteiger partial charge is 0.323 e. The van der Waals surface area contributed by atoms with Crippen LogP contribution in [0.25, 0.3) is 15.9 Å². The SMILES string of the molecule is C=C1C(C(C)C)=C(c2ccc3sc(C)nc3c2)N=C2C(C#N)=CCCC(C)N12. The molecule has 2 aliphatic rings. The van der Waals surface area contributed by atoms with Crippen molar-refractivity contribution in [1.82, 2.24) is 9.88 Å². The molecule has 4 rings (SSSR count). The highest BCUT2D eigenvalue weighted by atomic mass is 32.1. The fraction of sp³-hybridized carbons (Fsp3) is 0.348. The summed E-state index contributed by atoms with van der Waals surface area (Å²) in [6, 6.07) is 8.94. The van der Waals surface area contributed by atoms with Gasteiger partial charge >= 0.3 is 0 Å². The summed E-state index contributed by atoms with van der Waals surface area (Å²) in [5.74, 6) is 0.997. The molecule has 5 heteroatoms. The van der Waals surface area contributed by atoms with Crippen molar-refractivity contribution in [2.24, 2.45) is 10.9 Å². The number of benzene rings is 1. The Labute approximate surface area is 170 Å². The number of nitrogens with zero attached hydrogens (tertiary/aromatic N) is 4. The minimum atomic E-state index is 0.257. The zero-order chi connectivity index (χ0) is 20.0. The van der Waals surface area contributed by atoms with E-state index >= 15 is 0 Å². The number of thiazole rings is 1. The summed E-state index contributed by atoms with van der Waals surface area (Å²) < 4.78 is 1.18. The van der Waals surface area contributed by atoms with E-state index in [0.29, 0.717) is 5.57 Å². The van der Waals surface area contributed by atoms with Crippen LogP contribution in [0.1, 0.15) is 44.2 Å². The van der Waals surface area contributed by atoms with Gasteiger partial charge in [0.2, 0.25) is 0 Å². The molecule has 3 heterocycles. The molecule has 1 aromatic carbocycles. The number of rotatable bonds is 2. The number of amidine groups is 1. The fourth-order valence-corrected chi connectivity index (χ4v) is 4.89. The molecule has 0 aliphatic carbocycles. The average molecular weight is 389 g/mol. The van der Waals surface area contributed by atoms with Crippen LogP contribution in [0.4, 0.5) is 0 Å². The van der Waals surface area contributed by atoms with Crippen molar-refractivity contribution in [3.63, 3.8) is 0 Å². The molecule has 0 spiro atoms. The first-order valence-electron chi connectivity index (χ1n) is 9.70. The molecule has 0 radical (unpaired) electrons. The molecule has 0 saturated carbocycles. The predicted molar refractivity (Wildman–Crippen MR) is 117 cm³/mol. The van der Waals surface area contributed by atoms with Crippen LogP contribution < -0.4 is 0 Å². The van der Waals surface area contributed by atoms with Crippen molar-refractivity contribution in [2.45, 2.75) is 46.6 Å². The van der Waals surface area contributed by atoms with Gasteiger partial charge in [0.15, 0.2) is 5.84 Å². The van der Waals surface area contributed by atoms with Gasteiger partial charge in [-0.25, -0.2) is 9.98 Å². The van der Waals surface area contributed by atoms with Gasteiger partial charge in [0.25, 0.3) is 0 Å². The van der Waals surface area contributed by atoms with E-state index in [1.807, 2.05) is 13.0 Å². The Hall–Kier alpha value is -2.71. The number of aryl methyl sites for hydroxylation is 1. The topological polar surface area (TPSA) is 52.3 Å². The third-order valence-electron chi connectivity index (χ3n) is 5.38. The standard InChI is InChI=1S/C23H24N4S/c1-13(2)21-15(4)27-14(3)7-6-8-18(12-24)23(27)26-22(21)17-9-10-20-19(11-17)25-16(5)28-20/h8-11,13-14H,4,6-7H2,1-3,5H3. The summed E-state index contributed by atoms with van der Waals surface area (Å²) in [6.45, 7) is 13.0. The lowest BCUT2D eigenvalue weighted by Crippen LogP contribution is -2.40. The van der Waals surface area contributed by atoms with Crippen molar-refractivity contribution in [1.29, 1.82) is 5.26 Å². The van der Waals surface area contributed by atoms with Crippen molar-refractivity contribution in [2.75, 3.05) is 0 Å². The second-order valence-electron chi connectivity index (χ2n) is 7.74. The maximum absolute atomic E-state index is 9.72. The van der Waals surface area contributed by atoms with Crippen LogP contribution in [0.3, 0.4) is 0 Å². The first kappa shape index (κ1) is 18.6. The normalized spacial score (nSPS) is 20.1. The molecule has 4 nitrogen and oxygen atoms in total. The number of aliphatic imine (C=N–C) groups is 1. The summed E-state index contributed by atoms with van der Waals surface area (Å²) >= 11 is 1.70. The van der Waals surface area contributed by atoms with E-state index in [4.69, 9.17) is 4.99 Å². The van der Waals surface area contributed by atoms with Crippen LogP contribution in [0, 0.1) is 24.2 Å². The Balaban J connectivity index is 1.96. The monoisotopic (exact) mass is 388 g/mol. The number of aromatic nitrogens is 1. The predicted octanol–water partition coefficient (Wildman–Crippen LogP) is 5.83. The van der Waals surface area contributed by atoms with Crippen molar-refractivity contribution in [3.05, 3.63) is 58.3 Å². The van der Waals surface area contributed by atoms with E-state index in [2.05, 4.69) is 61.5 Å². The first-order chi connectivity index (χ1) is 13.4. The Morgan fingerprint density at radius 1 is 1.36 bits per heavy atom. The Kier molecular flexibility index (Phi) is 4.68. The fourth-order valence-electron chi connectivity index (χ4n) is 4.08. The molecule has 1 unspecified atom stereocenters. The first-order valence-corrected chi connectivity index (χ1v) is 10.5. The van der Waals surface area contributed by atoms with Crippen LogP contribution in [0.15, 0.2) is 52.7 Å². The van der Waals surface area contributed by atoms with Gasteiger partial charge in [0, 0.05) is 22.9 Å². The number of nitriles is 1. The molecule has 2 aromatic rings. The zero-order valence-electron chi connectivity index (χ0n) is 16.8. The number of allylic oxidation sites excluding steroid dienone is 2. The third kappa shape index (κ3) is 2.98. The average Bonchev–Trinajstić information content (AvgIpc) is 2.94. The smallest absolute Gasteiger partial charge is 0.151 e. The summed E-state index contributed by atoms with van der Waals surface area (Å²) in [5.41, 5.74) is 5.67. The van der Waals surface area contributed by atoms with Crippen molar-refractivity contribution in [3.8, 4) is 6.07 Å². The molecule has 0 bridgehead atoms. The molecule has 0 N–H and O–H groups in total. The lowest BCUT2D eigenvalue weighted by Gasteiger charge is -2.38. The summed E-state index contributed by atoms with van der Waals surface area (Å²) in [4.78, 5) is 11.9. The second-order valence-corrected chi connectivity index (χ2v) is 8.98. The van der Waals surface area contributed by atoms with E-state index < -0.39 is 0 Å². The Morgan fingerprint density at radius 2 is 2.14 bits per heavy atom. The summed E-state index contributed by atoms with van der Waals surface area (Å²) in [7, 11) is 0. The third-order valence-corrected chi connectivity index (χ3v) is 6.33. The maximum Gasteiger partial charge on any atom is 0.151 e. The van der Waals surface area contributed by atoms with Crippen molar-refractivity contribution >= 4 is 33.1 Å². The van der Waals surface area contributed by atoms with Crippen molar-refractivity contribution < 1.29 is 0 Å². The van der Waals surface area contributed by atoms with E-state index in [9.17, 15) is 5.26 Å².